The van der Waals surface area contributed by atoms with Crippen molar-refractivity contribution in [2.45, 2.75) is 32.7 Å². The number of carbonyl (C=O) groups excluding carboxylic acids is 1. The minimum absolute atomic E-state index is 0.0425. The highest BCUT2D eigenvalue weighted by Gasteiger charge is 2.27. The monoisotopic (exact) mass is 291 g/mol. The predicted octanol–water partition coefficient (Wildman–Crippen LogP) is 2.10. The van der Waals surface area contributed by atoms with Crippen molar-refractivity contribution in [1.82, 2.24) is 4.90 Å². The number of nitrogens with two attached hydrogens (primary N) is 1. The van der Waals surface area contributed by atoms with Crippen molar-refractivity contribution in [3.63, 3.8) is 0 Å². The number of piperidine rings is 1. The average molecular weight is 291 g/mol. The molecule has 2 N–H and O–H groups in total. The van der Waals surface area contributed by atoms with Crippen LogP contribution in [0.1, 0.15) is 35.7 Å². The van der Waals surface area contributed by atoms with Crippen LogP contribution in [0.25, 0.3) is 0 Å². The summed E-state index contributed by atoms with van der Waals surface area (Å²) in [6.07, 6.45) is 1.95. The van der Waals surface area contributed by atoms with Crippen LogP contribution in [-0.2, 0) is 0 Å². The molecule has 1 heterocycles. The first-order valence-electron chi connectivity index (χ1n) is 7.19. The Kier molecular flexibility index (Phi) is 4.57. The highest BCUT2D eigenvalue weighted by molar-refractivity contribution is 5.95. The Bertz CT molecular complexity index is 557. The number of aryl methyl sites for hydroxylation is 1. The molecule has 1 amide bonds. The van der Waals surface area contributed by atoms with Gasteiger partial charge < -0.3 is 10.6 Å². The Balaban J connectivity index is 2.21. The van der Waals surface area contributed by atoms with Crippen LogP contribution < -0.4 is 5.73 Å². The van der Waals surface area contributed by atoms with E-state index in [-0.39, 0.29) is 17.6 Å². The summed E-state index contributed by atoms with van der Waals surface area (Å²) in [7, 11) is 0. The van der Waals surface area contributed by atoms with Crippen LogP contribution in [0.4, 0.5) is 5.69 Å². The number of non-ortho nitro benzene ring substituents is 1. The van der Waals surface area contributed by atoms with Gasteiger partial charge in [0.05, 0.1) is 4.92 Å². The SMILES string of the molecule is Cc1cc(C(=O)N2CCC[C@@H]([C@@H](C)N)C2)cc([N+](=O)[O-])c1. The molecule has 1 fully saturated rings. The van der Waals surface area contributed by atoms with Gasteiger partial charge in [0.15, 0.2) is 0 Å². The number of hydrogen-bond donors (Lipinski definition) is 1. The molecule has 2 atom stereocenters. The molecule has 1 saturated heterocycles. The number of hydrogen-bond acceptors (Lipinski definition) is 4. The summed E-state index contributed by atoms with van der Waals surface area (Å²) in [5.41, 5.74) is 6.98. The normalized spacial score (nSPS) is 20.1. The number of likely N-dealkylation sites (tertiary alicyclic amines) is 1. The molecule has 21 heavy (non-hydrogen) atoms. The summed E-state index contributed by atoms with van der Waals surface area (Å²) in [5.74, 6) is 0.148. The molecule has 6 nitrogen and oxygen atoms in total. The van der Waals surface area contributed by atoms with Gasteiger partial charge in [0.25, 0.3) is 11.6 Å². The molecule has 114 valence electrons. The van der Waals surface area contributed by atoms with E-state index < -0.39 is 4.92 Å². The lowest BCUT2D eigenvalue weighted by Gasteiger charge is -2.34. The van der Waals surface area contributed by atoms with Gasteiger partial charge in [-0.1, -0.05) is 0 Å². The maximum absolute atomic E-state index is 12.6. The Hall–Kier alpha value is -1.95. The average Bonchev–Trinajstić information content (AvgIpc) is 2.45. The quantitative estimate of drug-likeness (QED) is 0.682. The van der Waals surface area contributed by atoms with Gasteiger partial charge in [-0.05, 0) is 44.2 Å². The number of nitro benzene ring substituents is 1. The van der Waals surface area contributed by atoms with E-state index in [9.17, 15) is 14.9 Å². The number of nitrogens with zero attached hydrogens (tertiary/aromatic N) is 2. The van der Waals surface area contributed by atoms with Crippen molar-refractivity contribution in [3.05, 3.63) is 39.4 Å². The third-order valence-corrected chi connectivity index (χ3v) is 4.01. The van der Waals surface area contributed by atoms with E-state index in [0.29, 0.717) is 30.1 Å². The van der Waals surface area contributed by atoms with E-state index in [1.165, 1.54) is 12.1 Å². The molecule has 1 aromatic rings. The lowest BCUT2D eigenvalue weighted by molar-refractivity contribution is -0.384. The standard InChI is InChI=1S/C15H21N3O3/c1-10-6-13(8-14(7-10)18(20)21)15(19)17-5-3-4-12(9-17)11(2)16/h6-8,11-12H,3-5,9,16H2,1-2H3/t11-,12-/m1/s1. The molecule has 2 rings (SSSR count). The van der Waals surface area contributed by atoms with Crippen LogP contribution in [-0.4, -0.2) is 34.9 Å². The lowest BCUT2D eigenvalue weighted by Crippen LogP contribution is -2.45. The highest BCUT2D eigenvalue weighted by atomic mass is 16.6. The largest absolute Gasteiger partial charge is 0.338 e. The third kappa shape index (κ3) is 3.58. The van der Waals surface area contributed by atoms with E-state index in [0.717, 1.165) is 12.8 Å². The van der Waals surface area contributed by atoms with Gasteiger partial charge in [0.2, 0.25) is 0 Å². The number of rotatable bonds is 3. The third-order valence-electron chi connectivity index (χ3n) is 4.01. The fraction of sp³-hybridized carbons (Fsp3) is 0.533. The Morgan fingerprint density at radius 1 is 1.48 bits per heavy atom. The molecule has 0 bridgehead atoms. The second kappa shape index (κ2) is 6.22. The molecule has 0 spiro atoms. The van der Waals surface area contributed by atoms with Gasteiger partial charge in [-0.2, -0.15) is 0 Å². The van der Waals surface area contributed by atoms with E-state index in [2.05, 4.69) is 0 Å². The lowest BCUT2D eigenvalue weighted by atomic mass is 9.92. The first-order valence-corrected chi connectivity index (χ1v) is 7.19. The summed E-state index contributed by atoms with van der Waals surface area (Å²) >= 11 is 0. The van der Waals surface area contributed by atoms with Crippen LogP contribution >= 0.6 is 0 Å². The van der Waals surface area contributed by atoms with Crippen LogP contribution in [0.5, 0.6) is 0 Å². The van der Waals surface area contributed by atoms with Crippen molar-refractivity contribution in [3.8, 4) is 0 Å². The van der Waals surface area contributed by atoms with Gasteiger partial charge in [-0.15, -0.1) is 0 Å². The van der Waals surface area contributed by atoms with Crippen LogP contribution in [0.15, 0.2) is 18.2 Å². The molecule has 0 aromatic heterocycles. The van der Waals surface area contributed by atoms with Crippen molar-refractivity contribution in [2.24, 2.45) is 11.7 Å². The molecular weight excluding hydrogens is 270 g/mol. The van der Waals surface area contributed by atoms with Crippen molar-refractivity contribution in [1.29, 1.82) is 0 Å². The fourth-order valence-corrected chi connectivity index (χ4v) is 2.80. The summed E-state index contributed by atoms with van der Waals surface area (Å²) in [6.45, 7) is 5.02. The second-order valence-corrected chi connectivity index (χ2v) is 5.83. The van der Waals surface area contributed by atoms with E-state index in [1.807, 2.05) is 6.92 Å². The Morgan fingerprint density at radius 2 is 2.19 bits per heavy atom. The number of nitro groups is 1. The minimum atomic E-state index is -0.468. The van der Waals surface area contributed by atoms with Crippen LogP contribution in [0.2, 0.25) is 0 Å². The molecule has 0 radical (unpaired) electrons. The van der Waals surface area contributed by atoms with Gasteiger partial charge in [0.1, 0.15) is 0 Å². The van der Waals surface area contributed by atoms with E-state index in [4.69, 9.17) is 5.73 Å². The Morgan fingerprint density at radius 3 is 2.81 bits per heavy atom. The molecule has 6 heteroatoms. The van der Waals surface area contributed by atoms with Gasteiger partial charge >= 0.3 is 0 Å². The predicted molar refractivity (Wildman–Crippen MR) is 80.1 cm³/mol. The molecule has 0 unspecified atom stereocenters. The Labute approximate surface area is 124 Å². The summed E-state index contributed by atoms with van der Waals surface area (Å²) in [4.78, 5) is 24.8. The summed E-state index contributed by atoms with van der Waals surface area (Å²) in [5, 5.41) is 10.9. The smallest absolute Gasteiger partial charge is 0.270 e. The zero-order valence-electron chi connectivity index (χ0n) is 12.4. The molecule has 1 aliphatic heterocycles. The van der Waals surface area contributed by atoms with Gasteiger partial charge in [-0.3, -0.25) is 14.9 Å². The molecule has 1 aliphatic rings. The van der Waals surface area contributed by atoms with Crippen LogP contribution in [0, 0.1) is 23.0 Å². The van der Waals surface area contributed by atoms with Crippen molar-refractivity contribution < 1.29 is 9.72 Å². The van der Waals surface area contributed by atoms with Crippen molar-refractivity contribution in [2.75, 3.05) is 13.1 Å². The number of amides is 1. The van der Waals surface area contributed by atoms with Crippen LogP contribution in [0.3, 0.4) is 0 Å². The van der Waals surface area contributed by atoms with E-state index in [1.54, 1.807) is 17.9 Å². The summed E-state index contributed by atoms with van der Waals surface area (Å²) < 4.78 is 0. The number of carbonyl (C=O) groups is 1. The molecule has 0 aliphatic carbocycles. The highest BCUT2D eigenvalue weighted by Crippen LogP contribution is 2.23. The minimum Gasteiger partial charge on any atom is -0.338 e. The molecule has 1 aromatic carbocycles. The van der Waals surface area contributed by atoms with Crippen molar-refractivity contribution >= 4 is 11.6 Å². The van der Waals surface area contributed by atoms with Gasteiger partial charge in [-0.25, -0.2) is 0 Å². The molecular formula is C15H21N3O3. The topological polar surface area (TPSA) is 89.5 Å². The first kappa shape index (κ1) is 15.4. The zero-order valence-corrected chi connectivity index (χ0v) is 12.4. The number of benzene rings is 1. The maximum atomic E-state index is 12.6. The fourth-order valence-electron chi connectivity index (χ4n) is 2.80. The van der Waals surface area contributed by atoms with E-state index >= 15 is 0 Å². The summed E-state index contributed by atoms with van der Waals surface area (Å²) in [6, 6.07) is 4.57. The van der Waals surface area contributed by atoms with Gasteiger partial charge in [0, 0.05) is 36.8 Å². The first-order chi connectivity index (χ1) is 9.88. The second-order valence-electron chi connectivity index (χ2n) is 5.83. The maximum Gasteiger partial charge on any atom is 0.270 e. The molecule has 0 saturated carbocycles. The zero-order chi connectivity index (χ0) is 15.6.